The minimum absolute atomic E-state index is 0.654. The van der Waals surface area contributed by atoms with Gasteiger partial charge in [-0.3, -0.25) is 10.0 Å². The first-order chi connectivity index (χ1) is 12.3. The van der Waals surface area contributed by atoms with Crippen molar-refractivity contribution in [3.8, 4) is 0 Å². The Labute approximate surface area is 148 Å². The Morgan fingerprint density at radius 3 is 1.80 bits per heavy atom. The van der Waals surface area contributed by atoms with Crippen molar-refractivity contribution < 1.29 is 0 Å². The Bertz CT molecular complexity index is 847. The molecule has 0 unspecified atom stereocenters. The summed E-state index contributed by atoms with van der Waals surface area (Å²) in [7, 11) is 2.06. The van der Waals surface area contributed by atoms with Crippen LogP contribution < -0.4 is 10.0 Å². The van der Waals surface area contributed by atoms with Crippen LogP contribution in [0.4, 0.5) is 11.4 Å². The number of para-hydroxylation sites is 2. The first-order valence-electron chi connectivity index (χ1n) is 8.36. The van der Waals surface area contributed by atoms with Gasteiger partial charge in [0.05, 0.1) is 11.4 Å². The second-order valence-electron chi connectivity index (χ2n) is 5.92. The number of benzene rings is 3. The van der Waals surface area contributed by atoms with Crippen LogP contribution in [-0.2, 0) is 0 Å². The third-order valence-corrected chi connectivity index (χ3v) is 4.29. The largest absolute Gasteiger partial charge is 0.268 e. The molecular weight excluding hydrogens is 308 g/mol. The van der Waals surface area contributed by atoms with Gasteiger partial charge >= 0.3 is 0 Å². The number of hydrogen-bond donors (Lipinski definition) is 0. The summed E-state index contributed by atoms with van der Waals surface area (Å²) in [6.07, 6.45) is 0. The van der Waals surface area contributed by atoms with Gasteiger partial charge < -0.3 is 0 Å². The Morgan fingerprint density at radius 2 is 1.20 bits per heavy atom. The molecule has 0 saturated carbocycles. The number of hydrazone groups is 1. The number of hydrogen-bond acceptors (Lipinski definition) is 4. The highest BCUT2D eigenvalue weighted by molar-refractivity contribution is 6.00. The van der Waals surface area contributed by atoms with Crippen molar-refractivity contribution in [2.45, 2.75) is 0 Å². The molecule has 1 heterocycles. The summed E-state index contributed by atoms with van der Waals surface area (Å²) in [6, 6.07) is 31.0. The molecule has 0 radical (unpaired) electrons. The van der Waals surface area contributed by atoms with Crippen LogP contribution in [0.2, 0.25) is 0 Å². The fraction of sp³-hybridized carbons (Fsp3) is 0.0952. The standard InChI is InChI=1S/C21H20N4/c1-23-21(18-11-5-2-6-12-18)22-24(19-13-7-3-8-14-19)17-25(23)20-15-9-4-10-16-20/h2-16H,17H2,1H3. The highest BCUT2D eigenvalue weighted by atomic mass is 15.7. The van der Waals surface area contributed by atoms with Crippen LogP contribution in [0.25, 0.3) is 0 Å². The molecule has 0 fully saturated rings. The van der Waals surface area contributed by atoms with Crippen molar-refractivity contribution >= 4 is 17.2 Å². The highest BCUT2D eigenvalue weighted by Gasteiger charge is 2.26. The summed E-state index contributed by atoms with van der Waals surface area (Å²) in [5.41, 5.74) is 3.30. The van der Waals surface area contributed by atoms with Crippen molar-refractivity contribution in [3.05, 3.63) is 96.6 Å². The lowest BCUT2D eigenvalue weighted by Gasteiger charge is -2.42. The predicted molar refractivity (Wildman–Crippen MR) is 103 cm³/mol. The molecule has 0 spiro atoms. The molecule has 124 valence electrons. The summed E-state index contributed by atoms with van der Waals surface area (Å²) in [5, 5.41) is 11.3. The smallest absolute Gasteiger partial charge is 0.174 e. The van der Waals surface area contributed by atoms with Gasteiger partial charge in [-0.2, -0.15) is 5.10 Å². The van der Waals surface area contributed by atoms with E-state index in [1.807, 2.05) is 47.5 Å². The molecule has 0 bridgehead atoms. The molecule has 0 atom stereocenters. The highest BCUT2D eigenvalue weighted by Crippen LogP contribution is 2.25. The average molecular weight is 328 g/mol. The Morgan fingerprint density at radius 1 is 0.680 bits per heavy atom. The number of nitrogens with zero attached hydrogens (tertiary/aromatic N) is 4. The normalized spacial score (nSPS) is 14.4. The first kappa shape index (κ1) is 15.3. The molecule has 3 aromatic carbocycles. The molecule has 0 aromatic heterocycles. The van der Waals surface area contributed by atoms with Crippen LogP contribution in [0, 0.1) is 0 Å². The molecule has 0 N–H and O–H groups in total. The van der Waals surface area contributed by atoms with E-state index in [0.29, 0.717) is 6.67 Å². The van der Waals surface area contributed by atoms with Gasteiger partial charge in [-0.15, -0.1) is 0 Å². The summed E-state index contributed by atoms with van der Waals surface area (Å²) in [5.74, 6) is 0.916. The van der Waals surface area contributed by atoms with E-state index in [4.69, 9.17) is 5.10 Å². The maximum absolute atomic E-state index is 4.91. The fourth-order valence-electron chi connectivity index (χ4n) is 2.97. The van der Waals surface area contributed by atoms with Gasteiger partial charge in [0.15, 0.2) is 5.84 Å². The van der Waals surface area contributed by atoms with Crippen LogP contribution in [0.1, 0.15) is 5.56 Å². The molecule has 0 amide bonds. The Hall–Kier alpha value is -3.27. The maximum Gasteiger partial charge on any atom is 0.174 e. The number of amidine groups is 1. The van der Waals surface area contributed by atoms with E-state index in [-0.39, 0.29) is 0 Å². The molecule has 1 aliphatic rings. The third-order valence-electron chi connectivity index (χ3n) is 4.29. The van der Waals surface area contributed by atoms with Gasteiger partial charge in [0.1, 0.15) is 6.67 Å². The van der Waals surface area contributed by atoms with Crippen molar-refractivity contribution in [2.75, 3.05) is 23.7 Å². The van der Waals surface area contributed by atoms with Gasteiger partial charge in [0, 0.05) is 12.6 Å². The van der Waals surface area contributed by atoms with E-state index < -0.39 is 0 Å². The summed E-state index contributed by atoms with van der Waals surface area (Å²) in [6.45, 7) is 0.654. The van der Waals surface area contributed by atoms with E-state index in [1.54, 1.807) is 0 Å². The van der Waals surface area contributed by atoms with E-state index in [2.05, 4.69) is 65.6 Å². The molecular formula is C21H20N4. The molecule has 1 aliphatic heterocycles. The Balaban J connectivity index is 1.79. The van der Waals surface area contributed by atoms with Crippen LogP contribution in [0.3, 0.4) is 0 Å². The van der Waals surface area contributed by atoms with Crippen molar-refractivity contribution in [1.29, 1.82) is 0 Å². The van der Waals surface area contributed by atoms with E-state index in [9.17, 15) is 0 Å². The predicted octanol–water partition coefficient (Wildman–Crippen LogP) is 4.18. The lowest BCUT2D eigenvalue weighted by molar-refractivity contribution is 0.427. The molecule has 0 saturated heterocycles. The summed E-state index contributed by atoms with van der Waals surface area (Å²) >= 11 is 0. The van der Waals surface area contributed by atoms with E-state index >= 15 is 0 Å². The molecule has 25 heavy (non-hydrogen) atoms. The Kier molecular flexibility index (Phi) is 4.09. The van der Waals surface area contributed by atoms with Gasteiger partial charge in [-0.25, -0.2) is 5.01 Å². The first-order valence-corrected chi connectivity index (χ1v) is 8.36. The molecule has 4 heteroatoms. The number of rotatable bonds is 3. The van der Waals surface area contributed by atoms with E-state index in [0.717, 1.165) is 22.8 Å². The monoisotopic (exact) mass is 328 g/mol. The lowest BCUT2D eigenvalue weighted by atomic mass is 10.2. The van der Waals surface area contributed by atoms with Crippen molar-refractivity contribution in [1.82, 2.24) is 5.01 Å². The van der Waals surface area contributed by atoms with Gasteiger partial charge in [-0.05, 0) is 24.3 Å². The molecule has 4 rings (SSSR count). The molecule has 3 aromatic rings. The number of hydrazine groups is 1. The zero-order valence-electron chi connectivity index (χ0n) is 14.2. The van der Waals surface area contributed by atoms with Crippen LogP contribution >= 0.6 is 0 Å². The van der Waals surface area contributed by atoms with Crippen LogP contribution in [0.5, 0.6) is 0 Å². The summed E-state index contributed by atoms with van der Waals surface area (Å²) in [4.78, 5) is 0. The second kappa shape index (κ2) is 6.69. The van der Waals surface area contributed by atoms with Crippen molar-refractivity contribution in [3.63, 3.8) is 0 Å². The van der Waals surface area contributed by atoms with Crippen LogP contribution in [0.15, 0.2) is 96.1 Å². The third kappa shape index (κ3) is 3.06. The SMILES string of the molecule is CN1C(c2ccccc2)=NN(c2ccccc2)CN1c1ccccc1. The van der Waals surface area contributed by atoms with E-state index in [1.165, 1.54) is 0 Å². The number of anilines is 2. The summed E-state index contributed by atoms with van der Waals surface area (Å²) < 4.78 is 0. The topological polar surface area (TPSA) is 22.1 Å². The quantitative estimate of drug-likeness (QED) is 0.720. The fourth-order valence-corrected chi connectivity index (χ4v) is 2.97. The van der Waals surface area contributed by atoms with Gasteiger partial charge in [-0.1, -0.05) is 66.7 Å². The molecule has 4 nitrogen and oxygen atoms in total. The lowest BCUT2D eigenvalue weighted by Crippen LogP contribution is -2.54. The van der Waals surface area contributed by atoms with Crippen molar-refractivity contribution in [2.24, 2.45) is 5.10 Å². The molecule has 0 aliphatic carbocycles. The zero-order valence-corrected chi connectivity index (χ0v) is 14.2. The minimum atomic E-state index is 0.654. The van der Waals surface area contributed by atoms with Gasteiger partial charge in [0.25, 0.3) is 0 Å². The van der Waals surface area contributed by atoms with Gasteiger partial charge in [0.2, 0.25) is 0 Å². The average Bonchev–Trinajstić information content (AvgIpc) is 2.70. The minimum Gasteiger partial charge on any atom is -0.268 e. The maximum atomic E-state index is 4.91. The second-order valence-corrected chi connectivity index (χ2v) is 5.92. The van der Waals surface area contributed by atoms with Crippen LogP contribution in [-0.4, -0.2) is 24.6 Å². The zero-order chi connectivity index (χ0) is 17.1.